The average Bonchev–Trinajstić information content (AvgIpc) is 3.32. The molecule has 3 aromatic rings. The summed E-state index contributed by atoms with van der Waals surface area (Å²) in [5.41, 5.74) is 0. The van der Waals surface area contributed by atoms with E-state index in [1.807, 2.05) is 12.3 Å². The predicted octanol–water partition coefficient (Wildman–Crippen LogP) is 3.73. The van der Waals surface area contributed by atoms with Gasteiger partial charge < -0.3 is 4.90 Å². The summed E-state index contributed by atoms with van der Waals surface area (Å²) in [4.78, 5) is 13.1. The molecule has 1 aliphatic heterocycles. The van der Waals surface area contributed by atoms with Crippen LogP contribution in [-0.2, 0) is 13.0 Å². The van der Waals surface area contributed by atoms with Crippen molar-refractivity contribution < 1.29 is 0 Å². The second-order valence-electron chi connectivity index (χ2n) is 6.43. The molecule has 1 saturated heterocycles. The van der Waals surface area contributed by atoms with Gasteiger partial charge in [0.2, 0.25) is 0 Å². The Hall–Kier alpha value is -2.21. The first-order chi connectivity index (χ1) is 12.3. The molecule has 6 heteroatoms. The van der Waals surface area contributed by atoms with Gasteiger partial charge in [-0.25, -0.2) is 14.6 Å². The van der Waals surface area contributed by atoms with Crippen molar-refractivity contribution >= 4 is 17.2 Å². The minimum Gasteiger partial charge on any atom is -0.356 e. The lowest BCUT2D eigenvalue weighted by molar-refractivity contribution is 0.461. The Labute approximate surface area is 152 Å². The van der Waals surface area contributed by atoms with E-state index in [2.05, 4.69) is 51.1 Å². The molecule has 0 aromatic carbocycles. The van der Waals surface area contributed by atoms with Crippen LogP contribution in [0.2, 0.25) is 0 Å². The molecule has 1 fully saturated rings. The first kappa shape index (κ1) is 16.3. The Morgan fingerprint density at radius 2 is 2.20 bits per heavy atom. The van der Waals surface area contributed by atoms with Crippen LogP contribution in [0.3, 0.4) is 0 Å². The molecular formula is C19H23N5S. The molecule has 25 heavy (non-hydrogen) atoms. The maximum Gasteiger partial charge on any atom is 0.156 e. The molecule has 1 atom stereocenters. The van der Waals surface area contributed by atoms with Crippen molar-refractivity contribution in [3.8, 4) is 0 Å². The number of aryl methyl sites for hydroxylation is 1. The zero-order valence-electron chi connectivity index (χ0n) is 14.5. The summed E-state index contributed by atoms with van der Waals surface area (Å²) in [7, 11) is 0. The molecule has 0 unspecified atom stereocenters. The van der Waals surface area contributed by atoms with Gasteiger partial charge in [0.15, 0.2) is 5.82 Å². The van der Waals surface area contributed by atoms with Gasteiger partial charge in [-0.2, -0.15) is 5.10 Å². The molecule has 4 rings (SSSR count). The van der Waals surface area contributed by atoms with Crippen LogP contribution >= 0.6 is 11.3 Å². The van der Waals surface area contributed by atoms with Crippen LogP contribution in [0.15, 0.2) is 41.9 Å². The van der Waals surface area contributed by atoms with Crippen LogP contribution in [0, 0.1) is 0 Å². The smallest absolute Gasteiger partial charge is 0.156 e. The number of aromatic nitrogens is 4. The molecule has 0 spiro atoms. The normalized spacial score (nSPS) is 17.8. The van der Waals surface area contributed by atoms with Gasteiger partial charge in [-0.1, -0.05) is 12.1 Å². The van der Waals surface area contributed by atoms with Gasteiger partial charge in [-0.05, 0) is 43.3 Å². The Kier molecular flexibility index (Phi) is 4.78. The minimum atomic E-state index is 0.417. The zero-order chi connectivity index (χ0) is 17.1. The lowest BCUT2D eigenvalue weighted by Gasteiger charge is -2.33. The van der Waals surface area contributed by atoms with Gasteiger partial charge in [0.25, 0.3) is 0 Å². The van der Waals surface area contributed by atoms with Crippen molar-refractivity contribution in [2.24, 2.45) is 0 Å². The Bertz CT molecular complexity index is 797. The summed E-state index contributed by atoms with van der Waals surface area (Å²) in [5, 5.41) is 6.86. The minimum absolute atomic E-state index is 0.417. The maximum atomic E-state index is 4.92. The van der Waals surface area contributed by atoms with Gasteiger partial charge in [0.05, 0.1) is 0 Å². The van der Waals surface area contributed by atoms with Crippen molar-refractivity contribution in [3.05, 3.63) is 58.4 Å². The third-order valence-corrected chi connectivity index (χ3v) is 5.59. The summed E-state index contributed by atoms with van der Waals surface area (Å²) in [5.74, 6) is 3.55. The third-order valence-electron chi connectivity index (χ3n) is 4.72. The van der Waals surface area contributed by atoms with Gasteiger partial charge in [-0.15, -0.1) is 11.3 Å². The van der Waals surface area contributed by atoms with Gasteiger partial charge >= 0.3 is 0 Å². The lowest BCUT2D eigenvalue weighted by Crippen LogP contribution is -2.36. The topological polar surface area (TPSA) is 46.8 Å². The van der Waals surface area contributed by atoms with E-state index in [0.717, 1.165) is 49.9 Å². The van der Waals surface area contributed by atoms with E-state index in [9.17, 15) is 0 Å². The molecular weight excluding hydrogens is 330 g/mol. The van der Waals surface area contributed by atoms with E-state index in [4.69, 9.17) is 10.1 Å². The van der Waals surface area contributed by atoms with E-state index in [-0.39, 0.29) is 0 Å². The van der Waals surface area contributed by atoms with Crippen LogP contribution in [-0.4, -0.2) is 32.8 Å². The number of anilines is 1. The molecule has 0 N–H and O–H groups in total. The molecule has 0 amide bonds. The van der Waals surface area contributed by atoms with Crippen LogP contribution in [0.5, 0.6) is 0 Å². The molecule has 0 aliphatic carbocycles. The van der Waals surface area contributed by atoms with Crippen LogP contribution < -0.4 is 4.90 Å². The number of hydrogen-bond acceptors (Lipinski definition) is 5. The van der Waals surface area contributed by atoms with Crippen LogP contribution in [0.1, 0.15) is 42.2 Å². The highest BCUT2D eigenvalue weighted by molar-refractivity contribution is 7.09. The molecule has 130 valence electrons. The lowest BCUT2D eigenvalue weighted by atomic mass is 9.97. The Morgan fingerprint density at radius 1 is 1.24 bits per heavy atom. The van der Waals surface area contributed by atoms with E-state index < -0.39 is 0 Å². The summed E-state index contributed by atoms with van der Waals surface area (Å²) in [6.45, 7) is 5.04. The van der Waals surface area contributed by atoms with Crippen molar-refractivity contribution in [2.75, 3.05) is 18.0 Å². The number of nitrogens with zero attached hydrogens (tertiary/aromatic N) is 5. The predicted molar refractivity (Wildman–Crippen MR) is 101 cm³/mol. The van der Waals surface area contributed by atoms with Crippen molar-refractivity contribution in [1.29, 1.82) is 0 Å². The van der Waals surface area contributed by atoms with E-state index in [1.54, 1.807) is 11.3 Å². The SMILES string of the molecule is CCn1nc(Cc2cccs2)nc1[C@H]1CCCN(c2ccccn2)C1. The van der Waals surface area contributed by atoms with Gasteiger partial charge in [0, 0.05) is 43.0 Å². The highest BCUT2D eigenvalue weighted by Gasteiger charge is 2.26. The Balaban J connectivity index is 1.55. The largest absolute Gasteiger partial charge is 0.356 e. The molecule has 0 radical (unpaired) electrons. The summed E-state index contributed by atoms with van der Waals surface area (Å²) < 4.78 is 2.09. The summed E-state index contributed by atoms with van der Waals surface area (Å²) in [6.07, 6.45) is 5.03. The quantitative estimate of drug-likeness (QED) is 0.701. The van der Waals surface area contributed by atoms with E-state index in [0.29, 0.717) is 5.92 Å². The highest BCUT2D eigenvalue weighted by atomic mass is 32.1. The first-order valence-corrected chi connectivity index (χ1v) is 9.83. The van der Waals surface area contributed by atoms with E-state index >= 15 is 0 Å². The average molecular weight is 353 g/mol. The summed E-state index contributed by atoms with van der Waals surface area (Å²) >= 11 is 1.77. The van der Waals surface area contributed by atoms with Gasteiger partial charge in [0.1, 0.15) is 11.6 Å². The first-order valence-electron chi connectivity index (χ1n) is 8.95. The summed E-state index contributed by atoms with van der Waals surface area (Å²) in [6, 6.07) is 10.4. The maximum absolute atomic E-state index is 4.92. The number of thiophene rings is 1. The van der Waals surface area contributed by atoms with E-state index in [1.165, 1.54) is 11.3 Å². The number of rotatable bonds is 5. The molecule has 1 aliphatic rings. The molecule has 3 aromatic heterocycles. The standard InChI is InChI=1S/C19H23N5S/c1-2-24-19(21-17(22-24)13-16-8-6-12-25-16)15-7-5-11-23(14-15)18-9-3-4-10-20-18/h3-4,6,8-10,12,15H,2,5,7,11,13-14H2,1H3/t15-/m0/s1. The second-order valence-corrected chi connectivity index (χ2v) is 7.46. The van der Waals surface area contributed by atoms with Crippen molar-refractivity contribution in [2.45, 2.75) is 38.6 Å². The monoisotopic (exact) mass is 353 g/mol. The van der Waals surface area contributed by atoms with Gasteiger partial charge in [-0.3, -0.25) is 0 Å². The van der Waals surface area contributed by atoms with Crippen LogP contribution in [0.25, 0.3) is 0 Å². The molecule has 0 saturated carbocycles. The number of pyridine rings is 1. The second kappa shape index (κ2) is 7.35. The fourth-order valence-corrected chi connectivity index (χ4v) is 4.22. The molecule has 0 bridgehead atoms. The zero-order valence-corrected chi connectivity index (χ0v) is 15.3. The number of hydrogen-bond donors (Lipinski definition) is 0. The van der Waals surface area contributed by atoms with Crippen LogP contribution in [0.4, 0.5) is 5.82 Å². The fraction of sp³-hybridized carbons (Fsp3) is 0.421. The highest BCUT2D eigenvalue weighted by Crippen LogP contribution is 2.28. The Morgan fingerprint density at radius 3 is 2.96 bits per heavy atom. The molecule has 5 nitrogen and oxygen atoms in total. The number of piperidine rings is 1. The van der Waals surface area contributed by atoms with Crippen molar-refractivity contribution in [3.63, 3.8) is 0 Å². The van der Waals surface area contributed by atoms with Crippen molar-refractivity contribution in [1.82, 2.24) is 19.7 Å². The fourth-order valence-electron chi connectivity index (χ4n) is 3.52. The molecule has 4 heterocycles. The third kappa shape index (κ3) is 3.58.